The van der Waals surface area contributed by atoms with Gasteiger partial charge in [0.2, 0.25) is 0 Å². The van der Waals surface area contributed by atoms with Gasteiger partial charge in [0, 0.05) is 5.56 Å². The quantitative estimate of drug-likeness (QED) is 0.881. The Bertz CT molecular complexity index is 470. The van der Waals surface area contributed by atoms with Crippen molar-refractivity contribution in [1.29, 1.82) is 0 Å². The lowest BCUT2D eigenvalue weighted by atomic mass is 9.89. The molecule has 17 heavy (non-hydrogen) atoms. The lowest BCUT2D eigenvalue weighted by molar-refractivity contribution is -0.140. The molecule has 4 heteroatoms. The summed E-state index contributed by atoms with van der Waals surface area (Å²) in [7, 11) is 0. The third-order valence-electron chi connectivity index (χ3n) is 3.61. The van der Waals surface area contributed by atoms with Crippen LogP contribution in [0.2, 0.25) is 0 Å². The maximum Gasteiger partial charge on any atom is 0.314 e. The minimum absolute atomic E-state index is 0.0244. The Hall–Kier alpha value is -1.45. The molecule has 2 rings (SSSR count). The second-order valence-electron chi connectivity index (χ2n) is 4.96. The highest BCUT2D eigenvalue weighted by Crippen LogP contribution is 2.58. The van der Waals surface area contributed by atoms with Crippen LogP contribution in [0, 0.1) is 23.5 Å². The van der Waals surface area contributed by atoms with E-state index in [0.29, 0.717) is 6.42 Å². The molecule has 1 aromatic carbocycles. The van der Waals surface area contributed by atoms with Crippen molar-refractivity contribution in [2.24, 2.45) is 11.8 Å². The van der Waals surface area contributed by atoms with Crippen molar-refractivity contribution in [2.45, 2.75) is 25.7 Å². The fourth-order valence-electron chi connectivity index (χ4n) is 2.60. The van der Waals surface area contributed by atoms with Crippen molar-refractivity contribution in [3.8, 4) is 0 Å². The van der Waals surface area contributed by atoms with E-state index in [-0.39, 0.29) is 17.4 Å². The number of carboxylic acids is 1. The Kier molecular flexibility index (Phi) is 2.68. The summed E-state index contributed by atoms with van der Waals surface area (Å²) in [4.78, 5) is 11.4. The van der Waals surface area contributed by atoms with Gasteiger partial charge in [-0.25, -0.2) is 8.78 Å². The summed E-state index contributed by atoms with van der Waals surface area (Å²) in [6.45, 7) is 3.79. The van der Waals surface area contributed by atoms with Crippen LogP contribution in [0.15, 0.2) is 18.2 Å². The molecule has 0 spiro atoms. The highest BCUT2D eigenvalue weighted by atomic mass is 19.1. The summed E-state index contributed by atoms with van der Waals surface area (Å²) in [5, 5.41) is 9.30. The number of carboxylic acid groups (broad SMARTS) is 1. The maximum atomic E-state index is 13.7. The van der Waals surface area contributed by atoms with Crippen LogP contribution in [0.25, 0.3) is 0 Å². The molecule has 92 valence electrons. The number of carbonyl (C=O) groups is 1. The van der Waals surface area contributed by atoms with Crippen molar-refractivity contribution in [3.63, 3.8) is 0 Å². The summed E-state index contributed by atoms with van der Waals surface area (Å²) in [5.41, 5.74) is -1.26. The number of benzene rings is 1. The van der Waals surface area contributed by atoms with Crippen LogP contribution in [-0.2, 0) is 10.2 Å². The van der Waals surface area contributed by atoms with Crippen LogP contribution in [0.5, 0.6) is 0 Å². The van der Waals surface area contributed by atoms with Gasteiger partial charge in [0.05, 0.1) is 5.41 Å². The minimum Gasteiger partial charge on any atom is -0.481 e. The summed E-state index contributed by atoms with van der Waals surface area (Å²) < 4.78 is 26.8. The molecular formula is C13H14F2O2. The van der Waals surface area contributed by atoms with Crippen LogP contribution in [0.3, 0.4) is 0 Å². The molecule has 0 saturated heterocycles. The molecule has 2 atom stereocenters. The van der Waals surface area contributed by atoms with Crippen molar-refractivity contribution in [1.82, 2.24) is 0 Å². The smallest absolute Gasteiger partial charge is 0.314 e. The van der Waals surface area contributed by atoms with E-state index in [4.69, 9.17) is 0 Å². The standard InChI is InChI=1S/C13H14F2O2/c1-7(2)10-6-13(10,12(16)17)9-5-8(14)3-4-11(9)15/h3-5,7,10H,6H2,1-2H3,(H,16,17). The molecule has 1 N–H and O–H groups in total. The van der Waals surface area contributed by atoms with Gasteiger partial charge in [-0.2, -0.15) is 0 Å². The first kappa shape index (κ1) is 12.0. The molecule has 1 aromatic rings. The molecule has 0 bridgehead atoms. The van der Waals surface area contributed by atoms with Gasteiger partial charge in [0.15, 0.2) is 0 Å². The molecule has 1 aliphatic carbocycles. The highest BCUT2D eigenvalue weighted by molar-refractivity contribution is 5.86. The summed E-state index contributed by atoms with van der Waals surface area (Å²) in [5.74, 6) is -2.31. The van der Waals surface area contributed by atoms with Crippen molar-refractivity contribution < 1.29 is 18.7 Å². The predicted octanol–water partition coefficient (Wildman–Crippen LogP) is 2.96. The Morgan fingerprint density at radius 1 is 1.47 bits per heavy atom. The summed E-state index contributed by atoms with van der Waals surface area (Å²) in [6, 6.07) is 3.00. The highest BCUT2D eigenvalue weighted by Gasteiger charge is 2.63. The molecule has 2 nitrogen and oxygen atoms in total. The van der Waals surface area contributed by atoms with E-state index in [1.54, 1.807) is 0 Å². The first-order valence-corrected chi connectivity index (χ1v) is 5.58. The largest absolute Gasteiger partial charge is 0.481 e. The molecule has 1 saturated carbocycles. The zero-order valence-corrected chi connectivity index (χ0v) is 9.71. The van der Waals surface area contributed by atoms with E-state index in [1.165, 1.54) is 0 Å². The lowest BCUT2D eigenvalue weighted by Gasteiger charge is -2.15. The zero-order chi connectivity index (χ0) is 12.8. The number of hydrogen-bond acceptors (Lipinski definition) is 1. The average Bonchev–Trinajstić information content (AvgIpc) is 2.98. The molecule has 2 unspecified atom stereocenters. The Morgan fingerprint density at radius 2 is 2.12 bits per heavy atom. The average molecular weight is 240 g/mol. The van der Waals surface area contributed by atoms with Gasteiger partial charge in [0.1, 0.15) is 11.6 Å². The van der Waals surface area contributed by atoms with Gasteiger partial charge in [-0.15, -0.1) is 0 Å². The van der Waals surface area contributed by atoms with E-state index in [2.05, 4.69) is 0 Å². The Morgan fingerprint density at radius 3 is 2.59 bits per heavy atom. The predicted molar refractivity (Wildman–Crippen MR) is 58.6 cm³/mol. The third kappa shape index (κ3) is 1.72. The van der Waals surface area contributed by atoms with E-state index in [9.17, 15) is 18.7 Å². The van der Waals surface area contributed by atoms with E-state index < -0.39 is 23.0 Å². The molecule has 1 fully saturated rings. The zero-order valence-electron chi connectivity index (χ0n) is 9.71. The first-order chi connectivity index (χ1) is 7.89. The molecule has 0 aromatic heterocycles. The number of rotatable bonds is 3. The Balaban J connectivity index is 2.50. The fourth-order valence-corrected chi connectivity index (χ4v) is 2.60. The molecule has 0 radical (unpaired) electrons. The summed E-state index contributed by atoms with van der Waals surface area (Å²) in [6.07, 6.45) is 0.375. The van der Waals surface area contributed by atoms with Gasteiger partial charge >= 0.3 is 5.97 Å². The van der Waals surface area contributed by atoms with Gasteiger partial charge in [-0.1, -0.05) is 13.8 Å². The molecule has 0 heterocycles. The molecule has 1 aliphatic rings. The molecular weight excluding hydrogens is 226 g/mol. The SMILES string of the molecule is CC(C)C1CC1(C(=O)O)c1cc(F)ccc1F. The van der Waals surface area contributed by atoms with Crippen LogP contribution < -0.4 is 0 Å². The lowest BCUT2D eigenvalue weighted by Crippen LogP contribution is -2.25. The number of hydrogen-bond donors (Lipinski definition) is 1. The van der Waals surface area contributed by atoms with Crippen molar-refractivity contribution >= 4 is 5.97 Å². The van der Waals surface area contributed by atoms with E-state index in [1.807, 2.05) is 13.8 Å². The maximum absolute atomic E-state index is 13.7. The van der Waals surface area contributed by atoms with Crippen LogP contribution >= 0.6 is 0 Å². The van der Waals surface area contributed by atoms with Gasteiger partial charge in [-0.05, 0) is 36.5 Å². The van der Waals surface area contributed by atoms with Crippen LogP contribution in [-0.4, -0.2) is 11.1 Å². The first-order valence-electron chi connectivity index (χ1n) is 5.58. The third-order valence-corrected chi connectivity index (χ3v) is 3.61. The van der Waals surface area contributed by atoms with Crippen molar-refractivity contribution in [2.75, 3.05) is 0 Å². The van der Waals surface area contributed by atoms with Crippen LogP contribution in [0.4, 0.5) is 8.78 Å². The number of aliphatic carboxylic acids is 1. The van der Waals surface area contributed by atoms with E-state index in [0.717, 1.165) is 18.2 Å². The summed E-state index contributed by atoms with van der Waals surface area (Å²) >= 11 is 0. The Labute approximate surface area is 98.3 Å². The fraction of sp³-hybridized carbons (Fsp3) is 0.462. The van der Waals surface area contributed by atoms with Gasteiger partial charge < -0.3 is 5.11 Å². The monoisotopic (exact) mass is 240 g/mol. The molecule has 0 aliphatic heterocycles. The van der Waals surface area contributed by atoms with E-state index >= 15 is 0 Å². The topological polar surface area (TPSA) is 37.3 Å². The van der Waals surface area contributed by atoms with Gasteiger partial charge in [-0.3, -0.25) is 4.79 Å². The normalized spacial score (nSPS) is 27.2. The second-order valence-corrected chi connectivity index (χ2v) is 4.96. The second kappa shape index (κ2) is 3.79. The van der Waals surface area contributed by atoms with Gasteiger partial charge in [0.25, 0.3) is 0 Å². The number of halogens is 2. The molecule has 0 amide bonds. The van der Waals surface area contributed by atoms with Crippen LogP contribution in [0.1, 0.15) is 25.8 Å². The van der Waals surface area contributed by atoms with Crippen molar-refractivity contribution in [3.05, 3.63) is 35.4 Å². The minimum atomic E-state index is -1.24.